The number of amides is 1. The predicted octanol–water partition coefficient (Wildman–Crippen LogP) is 2.23. The minimum Gasteiger partial charge on any atom is -0.492 e. The summed E-state index contributed by atoms with van der Waals surface area (Å²) in [7, 11) is 0. The minimum atomic E-state index is 0.0683. The second kappa shape index (κ2) is 7.93. The van der Waals surface area contributed by atoms with Gasteiger partial charge in [-0.3, -0.25) is 14.7 Å². The normalized spacial score (nSPS) is 15.3. The average Bonchev–Trinajstić information content (AvgIpc) is 2.63. The highest BCUT2D eigenvalue weighted by Gasteiger charge is 2.21. The first kappa shape index (κ1) is 16.5. The van der Waals surface area contributed by atoms with Crippen molar-refractivity contribution in [3.8, 4) is 5.75 Å². The van der Waals surface area contributed by atoms with E-state index in [0.717, 1.165) is 38.5 Å². The molecule has 0 N–H and O–H groups in total. The molecule has 2 heterocycles. The maximum absolute atomic E-state index is 12.4. The van der Waals surface area contributed by atoms with E-state index in [1.165, 1.54) is 5.56 Å². The Morgan fingerprint density at radius 3 is 2.71 bits per heavy atom. The van der Waals surface area contributed by atoms with E-state index in [-0.39, 0.29) is 5.91 Å². The summed E-state index contributed by atoms with van der Waals surface area (Å²) in [6, 6.07) is 11.7. The van der Waals surface area contributed by atoms with E-state index in [0.29, 0.717) is 12.2 Å². The van der Waals surface area contributed by atoms with Crippen molar-refractivity contribution in [1.29, 1.82) is 0 Å². The van der Waals surface area contributed by atoms with E-state index in [1.54, 1.807) is 18.5 Å². The number of carbonyl (C=O) groups excluding carboxylic acids is 1. The molecule has 3 rings (SSSR count). The summed E-state index contributed by atoms with van der Waals surface area (Å²) in [4.78, 5) is 20.6. The highest BCUT2D eigenvalue weighted by atomic mass is 16.5. The molecule has 1 amide bonds. The highest BCUT2D eigenvalue weighted by Crippen LogP contribution is 2.12. The van der Waals surface area contributed by atoms with Crippen LogP contribution in [0.25, 0.3) is 0 Å². The molecule has 0 bridgehead atoms. The van der Waals surface area contributed by atoms with Crippen molar-refractivity contribution in [2.45, 2.75) is 6.92 Å². The Morgan fingerprint density at radius 1 is 1.17 bits per heavy atom. The summed E-state index contributed by atoms with van der Waals surface area (Å²) >= 11 is 0. The van der Waals surface area contributed by atoms with Crippen LogP contribution < -0.4 is 4.74 Å². The lowest BCUT2D eigenvalue weighted by Crippen LogP contribution is -2.49. The second-order valence-electron chi connectivity index (χ2n) is 6.04. The van der Waals surface area contributed by atoms with Crippen LogP contribution in [-0.4, -0.2) is 60.0 Å². The number of carbonyl (C=O) groups is 1. The summed E-state index contributed by atoms with van der Waals surface area (Å²) < 4.78 is 5.80. The third kappa shape index (κ3) is 4.32. The smallest absolute Gasteiger partial charge is 0.255 e. The topological polar surface area (TPSA) is 45.7 Å². The van der Waals surface area contributed by atoms with Gasteiger partial charge in [-0.1, -0.05) is 12.1 Å². The van der Waals surface area contributed by atoms with Gasteiger partial charge in [0.15, 0.2) is 0 Å². The molecule has 5 nitrogen and oxygen atoms in total. The molecule has 0 saturated carbocycles. The van der Waals surface area contributed by atoms with Gasteiger partial charge in [-0.25, -0.2) is 0 Å². The third-order valence-corrected chi connectivity index (χ3v) is 4.23. The third-order valence-electron chi connectivity index (χ3n) is 4.23. The summed E-state index contributed by atoms with van der Waals surface area (Å²) in [6.45, 7) is 6.86. The molecule has 126 valence electrons. The zero-order chi connectivity index (χ0) is 16.8. The van der Waals surface area contributed by atoms with Crippen molar-refractivity contribution >= 4 is 5.91 Å². The van der Waals surface area contributed by atoms with Gasteiger partial charge in [0.1, 0.15) is 12.4 Å². The van der Waals surface area contributed by atoms with Gasteiger partial charge in [-0.2, -0.15) is 0 Å². The number of rotatable bonds is 5. The van der Waals surface area contributed by atoms with Crippen LogP contribution in [0.5, 0.6) is 5.75 Å². The zero-order valence-electron chi connectivity index (χ0n) is 14.0. The number of aryl methyl sites for hydroxylation is 1. The molecule has 0 aliphatic carbocycles. The largest absolute Gasteiger partial charge is 0.492 e. The first-order valence-corrected chi connectivity index (χ1v) is 8.33. The predicted molar refractivity (Wildman–Crippen MR) is 93.3 cm³/mol. The van der Waals surface area contributed by atoms with Crippen LogP contribution in [-0.2, 0) is 0 Å². The molecule has 1 aromatic carbocycles. The molecule has 24 heavy (non-hydrogen) atoms. The van der Waals surface area contributed by atoms with Crippen LogP contribution in [0.4, 0.5) is 0 Å². The summed E-state index contributed by atoms with van der Waals surface area (Å²) in [5.74, 6) is 0.985. The minimum absolute atomic E-state index is 0.0683. The van der Waals surface area contributed by atoms with Crippen molar-refractivity contribution in [3.63, 3.8) is 0 Å². The van der Waals surface area contributed by atoms with Gasteiger partial charge in [0, 0.05) is 45.1 Å². The van der Waals surface area contributed by atoms with Gasteiger partial charge in [0.05, 0.1) is 5.56 Å². The SMILES string of the molecule is Cc1cccc(OCCN2CCN(C(=O)c3cccnc3)CC2)c1. The quantitative estimate of drug-likeness (QED) is 0.846. The molecule has 0 spiro atoms. The Morgan fingerprint density at radius 2 is 2.00 bits per heavy atom. The number of hydrogen-bond acceptors (Lipinski definition) is 4. The zero-order valence-corrected chi connectivity index (χ0v) is 14.0. The van der Waals surface area contributed by atoms with Crippen molar-refractivity contribution in [3.05, 3.63) is 59.9 Å². The molecular weight excluding hydrogens is 302 g/mol. The molecule has 1 aliphatic rings. The average molecular weight is 325 g/mol. The molecule has 2 aromatic rings. The number of aromatic nitrogens is 1. The van der Waals surface area contributed by atoms with Gasteiger partial charge >= 0.3 is 0 Å². The van der Waals surface area contributed by atoms with Gasteiger partial charge in [0.2, 0.25) is 0 Å². The van der Waals surface area contributed by atoms with E-state index < -0.39 is 0 Å². The Bertz CT molecular complexity index is 667. The lowest BCUT2D eigenvalue weighted by atomic mass is 10.2. The maximum atomic E-state index is 12.4. The van der Waals surface area contributed by atoms with Gasteiger partial charge < -0.3 is 9.64 Å². The first-order chi connectivity index (χ1) is 11.7. The maximum Gasteiger partial charge on any atom is 0.255 e. The Hall–Kier alpha value is -2.40. The van der Waals surface area contributed by atoms with Crippen LogP contribution in [0.3, 0.4) is 0 Å². The van der Waals surface area contributed by atoms with Crippen molar-refractivity contribution in [2.24, 2.45) is 0 Å². The molecule has 1 saturated heterocycles. The second-order valence-corrected chi connectivity index (χ2v) is 6.04. The van der Waals surface area contributed by atoms with Crippen molar-refractivity contribution in [1.82, 2.24) is 14.8 Å². The van der Waals surface area contributed by atoms with E-state index in [9.17, 15) is 4.79 Å². The summed E-state index contributed by atoms with van der Waals surface area (Å²) in [5.41, 5.74) is 1.86. The van der Waals surface area contributed by atoms with Gasteiger partial charge in [0.25, 0.3) is 5.91 Å². The fourth-order valence-corrected chi connectivity index (χ4v) is 2.84. The molecule has 0 unspecified atom stereocenters. The Labute approximate surface area is 142 Å². The standard InChI is InChI=1S/C19H23N3O2/c1-16-4-2-6-18(14-16)24-13-12-21-8-10-22(11-9-21)19(23)17-5-3-7-20-15-17/h2-7,14-15H,8-13H2,1H3. The molecular formula is C19H23N3O2. The highest BCUT2D eigenvalue weighted by molar-refractivity contribution is 5.93. The van der Waals surface area contributed by atoms with E-state index in [2.05, 4.69) is 22.9 Å². The van der Waals surface area contributed by atoms with Crippen LogP contribution in [0.15, 0.2) is 48.8 Å². The lowest BCUT2D eigenvalue weighted by Gasteiger charge is -2.34. The van der Waals surface area contributed by atoms with Crippen LogP contribution in [0.2, 0.25) is 0 Å². The van der Waals surface area contributed by atoms with E-state index in [1.807, 2.05) is 29.2 Å². The molecule has 0 atom stereocenters. The lowest BCUT2D eigenvalue weighted by molar-refractivity contribution is 0.0620. The number of piperazine rings is 1. The number of benzene rings is 1. The van der Waals surface area contributed by atoms with Crippen molar-refractivity contribution in [2.75, 3.05) is 39.3 Å². The van der Waals surface area contributed by atoms with Crippen LogP contribution in [0.1, 0.15) is 15.9 Å². The van der Waals surface area contributed by atoms with E-state index in [4.69, 9.17) is 4.74 Å². The Balaban J connectivity index is 1.41. The molecule has 0 radical (unpaired) electrons. The fourth-order valence-electron chi connectivity index (χ4n) is 2.84. The summed E-state index contributed by atoms with van der Waals surface area (Å²) in [5, 5.41) is 0. The number of pyridine rings is 1. The monoisotopic (exact) mass is 325 g/mol. The van der Waals surface area contributed by atoms with Crippen LogP contribution in [0, 0.1) is 6.92 Å². The number of nitrogens with zero attached hydrogens (tertiary/aromatic N) is 3. The fraction of sp³-hybridized carbons (Fsp3) is 0.368. The number of ether oxygens (including phenoxy) is 1. The van der Waals surface area contributed by atoms with E-state index >= 15 is 0 Å². The molecule has 1 aliphatic heterocycles. The van der Waals surface area contributed by atoms with Gasteiger partial charge in [-0.05, 0) is 36.8 Å². The van der Waals surface area contributed by atoms with Crippen molar-refractivity contribution < 1.29 is 9.53 Å². The van der Waals surface area contributed by atoms with Gasteiger partial charge in [-0.15, -0.1) is 0 Å². The first-order valence-electron chi connectivity index (χ1n) is 8.33. The molecule has 1 aromatic heterocycles. The van der Waals surface area contributed by atoms with Crippen LogP contribution >= 0.6 is 0 Å². The number of hydrogen-bond donors (Lipinski definition) is 0. The molecule has 5 heteroatoms. The Kier molecular flexibility index (Phi) is 5.43. The summed E-state index contributed by atoms with van der Waals surface area (Å²) in [6.07, 6.45) is 3.31. The molecule has 1 fully saturated rings.